The molecule has 5 N–H and O–H groups in total. The van der Waals surface area contributed by atoms with Crippen LogP contribution in [0.25, 0.3) is 0 Å². The molecule has 242 valence electrons. The molecule has 5 rings (SSSR count). The molecule has 11 nitrogen and oxygen atoms in total. The van der Waals surface area contributed by atoms with Gasteiger partial charge >= 0.3 is 15.6 Å². The Labute approximate surface area is 260 Å². The zero-order valence-corrected chi connectivity index (χ0v) is 24.4. The summed E-state index contributed by atoms with van der Waals surface area (Å²) in [5.74, 6) is -5.68. The lowest BCUT2D eigenvalue weighted by molar-refractivity contribution is -0.242. The van der Waals surface area contributed by atoms with Crippen LogP contribution >= 0.6 is 0 Å². The molecule has 4 aromatic rings. The quantitative estimate of drug-likeness (QED) is 0.102. The van der Waals surface area contributed by atoms with Crippen LogP contribution in [0.4, 0.5) is 13.2 Å². The lowest BCUT2D eigenvalue weighted by atomic mass is 9.76. The number of amides is 1. The molecule has 1 amide bonds. The van der Waals surface area contributed by atoms with E-state index in [-0.39, 0.29) is 0 Å². The van der Waals surface area contributed by atoms with E-state index in [0.29, 0.717) is 29.0 Å². The number of rotatable bonds is 9. The van der Waals surface area contributed by atoms with Crippen molar-refractivity contribution in [2.75, 3.05) is 6.61 Å². The Morgan fingerprint density at radius 3 is 1.78 bits per heavy atom. The molecule has 15 heteroatoms. The standard InChI is InChI=1S/C31H27F3N2O9S/c32-31(33,34)46(42,43)45-22-16-17-35-26(30(41)27(39)25(38)23(18-37)44-30)24(22)28(40)36-29(19-10-4-1-5-11-19,20-12-6-2-7-13-20)21-14-8-3-9-15-21/h1-17,23,25,27,37-39,41H,18H2,(H,36,40)/t23-,25-,27-,30-/m1/s1. The van der Waals surface area contributed by atoms with Crippen molar-refractivity contribution in [3.05, 3.63) is 131 Å². The van der Waals surface area contributed by atoms with Gasteiger partial charge in [0.25, 0.3) is 5.91 Å². The third-order valence-electron chi connectivity index (χ3n) is 7.50. The number of hydrogen-bond acceptors (Lipinski definition) is 10. The maximum atomic E-state index is 14.5. The zero-order valence-electron chi connectivity index (χ0n) is 23.6. The van der Waals surface area contributed by atoms with Gasteiger partial charge in [-0.3, -0.25) is 9.78 Å². The van der Waals surface area contributed by atoms with E-state index < -0.39 is 74.8 Å². The van der Waals surface area contributed by atoms with Gasteiger partial charge in [-0.15, -0.1) is 0 Å². The minimum atomic E-state index is -6.39. The van der Waals surface area contributed by atoms with E-state index in [2.05, 4.69) is 14.5 Å². The molecule has 2 heterocycles. The summed E-state index contributed by atoms with van der Waals surface area (Å²) in [6, 6.07) is 26.0. The average Bonchev–Trinajstić information content (AvgIpc) is 3.28. The predicted molar refractivity (Wildman–Crippen MR) is 154 cm³/mol. The highest BCUT2D eigenvalue weighted by molar-refractivity contribution is 7.88. The Bertz CT molecular complexity index is 1700. The summed E-state index contributed by atoms with van der Waals surface area (Å²) in [7, 11) is -6.39. The third kappa shape index (κ3) is 5.72. The van der Waals surface area contributed by atoms with Gasteiger partial charge in [0.15, 0.2) is 5.75 Å². The SMILES string of the molecule is O=C(NC(c1ccccc1)(c1ccccc1)c1ccccc1)c1c(OS(=O)(=O)C(F)(F)F)ccnc1[C@@]1(O)O[C@H](CO)[C@@H](O)[C@H]1O. The number of hydrogen-bond donors (Lipinski definition) is 5. The van der Waals surface area contributed by atoms with Crippen LogP contribution in [-0.4, -0.2) is 70.2 Å². The molecule has 46 heavy (non-hydrogen) atoms. The molecule has 0 bridgehead atoms. The molecule has 0 aliphatic carbocycles. The number of carbonyl (C=O) groups excluding carboxylic acids is 1. The highest BCUT2D eigenvalue weighted by atomic mass is 32.2. The lowest BCUT2D eigenvalue weighted by Crippen LogP contribution is -2.49. The molecule has 4 atom stereocenters. The van der Waals surface area contributed by atoms with Crippen molar-refractivity contribution in [3.8, 4) is 5.75 Å². The van der Waals surface area contributed by atoms with E-state index in [1.165, 1.54) is 0 Å². The fourth-order valence-corrected chi connectivity index (χ4v) is 5.80. The Morgan fingerprint density at radius 2 is 1.37 bits per heavy atom. The summed E-state index contributed by atoms with van der Waals surface area (Å²) < 4.78 is 74.4. The van der Waals surface area contributed by atoms with Crippen LogP contribution in [0.2, 0.25) is 0 Å². The van der Waals surface area contributed by atoms with Gasteiger partial charge in [0.05, 0.1) is 6.61 Å². The molecule has 1 aliphatic rings. The van der Waals surface area contributed by atoms with Crippen molar-refractivity contribution < 1.29 is 55.7 Å². The topological polar surface area (TPSA) is 176 Å². The van der Waals surface area contributed by atoms with E-state index in [1.54, 1.807) is 91.0 Å². The Kier molecular flexibility index (Phi) is 8.92. The summed E-state index contributed by atoms with van der Waals surface area (Å²) in [5, 5.41) is 45.0. The number of aliphatic hydroxyl groups is 4. The second-order valence-corrected chi connectivity index (χ2v) is 11.8. The number of benzene rings is 3. The first-order valence-electron chi connectivity index (χ1n) is 13.6. The van der Waals surface area contributed by atoms with E-state index in [1.807, 2.05) is 0 Å². The number of ether oxygens (including phenoxy) is 1. The molecule has 1 aliphatic heterocycles. The fourth-order valence-electron chi connectivity index (χ4n) is 5.33. The molecule has 0 unspecified atom stereocenters. The molecule has 1 fully saturated rings. The highest BCUT2D eigenvalue weighted by Crippen LogP contribution is 2.43. The number of halogens is 3. The minimum Gasteiger partial charge on any atom is -0.394 e. The fraction of sp³-hybridized carbons (Fsp3) is 0.226. The first-order valence-corrected chi connectivity index (χ1v) is 15.0. The van der Waals surface area contributed by atoms with E-state index in [9.17, 15) is 46.8 Å². The van der Waals surface area contributed by atoms with E-state index in [0.717, 1.165) is 0 Å². The lowest BCUT2D eigenvalue weighted by Gasteiger charge is -2.37. The second-order valence-electron chi connectivity index (χ2n) is 10.3. The average molecular weight is 661 g/mol. The number of carbonyl (C=O) groups is 1. The Morgan fingerprint density at radius 1 is 0.891 bits per heavy atom. The van der Waals surface area contributed by atoms with Gasteiger partial charge in [-0.05, 0) is 16.7 Å². The molecular formula is C31H27F3N2O9S. The van der Waals surface area contributed by atoms with Crippen LogP contribution in [0.5, 0.6) is 5.75 Å². The summed E-state index contributed by atoms with van der Waals surface area (Å²) in [5.41, 5.74) is -8.22. The summed E-state index contributed by atoms with van der Waals surface area (Å²) in [6.07, 6.45) is -5.18. The van der Waals surface area contributed by atoms with Gasteiger partial charge in [0.1, 0.15) is 35.1 Å². The molecule has 0 saturated carbocycles. The van der Waals surface area contributed by atoms with Crippen molar-refractivity contribution in [1.82, 2.24) is 10.3 Å². The Balaban J connectivity index is 1.78. The molecule has 0 spiro atoms. The van der Waals surface area contributed by atoms with Crippen LogP contribution < -0.4 is 9.50 Å². The van der Waals surface area contributed by atoms with Crippen molar-refractivity contribution in [2.24, 2.45) is 0 Å². The monoisotopic (exact) mass is 660 g/mol. The van der Waals surface area contributed by atoms with E-state index in [4.69, 9.17) is 4.74 Å². The molecule has 1 aromatic heterocycles. The van der Waals surface area contributed by atoms with Crippen LogP contribution in [0.3, 0.4) is 0 Å². The van der Waals surface area contributed by atoms with Crippen molar-refractivity contribution in [1.29, 1.82) is 0 Å². The van der Waals surface area contributed by atoms with Crippen LogP contribution in [-0.2, 0) is 26.2 Å². The van der Waals surface area contributed by atoms with Crippen molar-refractivity contribution >= 4 is 16.0 Å². The minimum absolute atomic E-state index is 0.461. The molecular weight excluding hydrogens is 633 g/mol. The van der Waals surface area contributed by atoms with Crippen LogP contribution in [0.1, 0.15) is 32.7 Å². The highest BCUT2D eigenvalue weighted by Gasteiger charge is 2.58. The van der Waals surface area contributed by atoms with Crippen LogP contribution in [0.15, 0.2) is 103 Å². The number of aliphatic hydroxyl groups excluding tert-OH is 3. The Hall–Kier alpha value is -4.38. The molecule has 3 aromatic carbocycles. The maximum Gasteiger partial charge on any atom is 0.534 e. The summed E-state index contributed by atoms with van der Waals surface area (Å²) in [4.78, 5) is 18.4. The number of alkyl halides is 3. The van der Waals surface area contributed by atoms with Gasteiger partial charge in [-0.2, -0.15) is 21.6 Å². The smallest absolute Gasteiger partial charge is 0.394 e. The number of pyridine rings is 1. The number of nitrogens with zero attached hydrogens (tertiary/aromatic N) is 1. The van der Waals surface area contributed by atoms with Gasteiger partial charge in [-0.1, -0.05) is 91.0 Å². The van der Waals surface area contributed by atoms with Crippen molar-refractivity contribution in [2.45, 2.75) is 35.1 Å². The van der Waals surface area contributed by atoms with Gasteiger partial charge < -0.3 is 34.7 Å². The zero-order chi connectivity index (χ0) is 33.3. The summed E-state index contributed by atoms with van der Waals surface area (Å²) >= 11 is 0. The van der Waals surface area contributed by atoms with Crippen LogP contribution in [0, 0.1) is 0 Å². The molecule has 0 radical (unpaired) electrons. The van der Waals surface area contributed by atoms with E-state index >= 15 is 0 Å². The van der Waals surface area contributed by atoms with Crippen molar-refractivity contribution in [3.63, 3.8) is 0 Å². The molecule has 1 saturated heterocycles. The normalized spacial score (nSPS) is 21.9. The largest absolute Gasteiger partial charge is 0.534 e. The number of nitrogens with one attached hydrogen (secondary N) is 1. The van der Waals surface area contributed by atoms with Gasteiger partial charge in [-0.25, -0.2) is 0 Å². The first kappa shape index (κ1) is 33.0. The predicted octanol–water partition coefficient (Wildman–Crippen LogP) is 2.29. The van der Waals surface area contributed by atoms with Gasteiger partial charge in [0.2, 0.25) is 5.79 Å². The maximum absolute atomic E-state index is 14.5. The second kappa shape index (κ2) is 12.4. The third-order valence-corrected chi connectivity index (χ3v) is 8.47. The summed E-state index contributed by atoms with van der Waals surface area (Å²) in [6.45, 7) is -0.931. The first-order chi connectivity index (χ1) is 21.8. The number of aromatic nitrogens is 1. The van der Waals surface area contributed by atoms with Gasteiger partial charge in [0, 0.05) is 12.3 Å².